The van der Waals surface area contributed by atoms with Crippen molar-refractivity contribution in [1.29, 1.82) is 0 Å². The Bertz CT molecular complexity index is 584. The molecule has 0 radical (unpaired) electrons. The van der Waals surface area contributed by atoms with Gasteiger partial charge in [-0.2, -0.15) is 0 Å². The first-order chi connectivity index (χ1) is 8.56. The van der Waals surface area contributed by atoms with Gasteiger partial charge in [-0.15, -0.1) is 11.3 Å². The lowest BCUT2D eigenvalue weighted by Crippen LogP contribution is -2.03. The van der Waals surface area contributed by atoms with Crippen LogP contribution in [0.25, 0.3) is 10.7 Å². The lowest BCUT2D eigenvalue weighted by atomic mass is 10.3. The minimum atomic E-state index is -0.119. The van der Waals surface area contributed by atoms with Crippen molar-refractivity contribution in [2.24, 2.45) is 0 Å². The number of hydrogen-bond donors (Lipinski definition) is 0. The summed E-state index contributed by atoms with van der Waals surface area (Å²) in [5, 5.41) is 6.28. The third-order valence-electron chi connectivity index (χ3n) is 2.13. The zero-order valence-electron chi connectivity index (χ0n) is 10.4. The maximum absolute atomic E-state index is 11.8. The van der Waals surface area contributed by atoms with Crippen LogP contribution >= 0.6 is 11.3 Å². The van der Waals surface area contributed by atoms with Gasteiger partial charge in [-0.3, -0.25) is 4.79 Å². The van der Waals surface area contributed by atoms with Crippen LogP contribution < -0.4 is 0 Å². The second kappa shape index (κ2) is 5.14. The molecule has 0 saturated carbocycles. The SMILES string of the molecule is Cc1cc(-c2nc(C(=O)C=CN(C)C)cs2)no1. The van der Waals surface area contributed by atoms with Gasteiger partial charge in [-0.05, 0) is 6.92 Å². The first kappa shape index (κ1) is 12.5. The average Bonchev–Trinajstić information content (AvgIpc) is 2.93. The van der Waals surface area contributed by atoms with Gasteiger partial charge < -0.3 is 9.42 Å². The van der Waals surface area contributed by atoms with Crippen molar-refractivity contribution in [1.82, 2.24) is 15.0 Å². The van der Waals surface area contributed by atoms with Crippen LogP contribution in [0.1, 0.15) is 16.2 Å². The summed E-state index contributed by atoms with van der Waals surface area (Å²) in [5.41, 5.74) is 1.09. The lowest BCUT2D eigenvalue weighted by Gasteiger charge is -2.01. The number of hydrogen-bond acceptors (Lipinski definition) is 6. The Kier molecular flexibility index (Phi) is 3.57. The summed E-state index contributed by atoms with van der Waals surface area (Å²) in [6.45, 7) is 1.82. The number of nitrogens with zero attached hydrogens (tertiary/aromatic N) is 3. The zero-order valence-corrected chi connectivity index (χ0v) is 11.2. The fourth-order valence-electron chi connectivity index (χ4n) is 1.27. The van der Waals surface area contributed by atoms with Crippen molar-refractivity contribution in [2.45, 2.75) is 6.92 Å². The minimum Gasteiger partial charge on any atom is -0.383 e. The molecule has 0 amide bonds. The largest absolute Gasteiger partial charge is 0.383 e. The quantitative estimate of drug-likeness (QED) is 0.626. The molecule has 18 heavy (non-hydrogen) atoms. The molecule has 2 heterocycles. The van der Waals surface area contributed by atoms with E-state index in [9.17, 15) is 4.79 Å². The van der Waals surface area contributed by atoms with Crippen LogP contribution in [-0.4, -0.2) is 34.9 Å². The van der Waals surface area contributed by atoms with Gasteiger partial charge >= 0.3 is 0 Å². The van der Waals surface area contributed by atoms with Crippen molar-refractivity contribution >= 4 is 17.1 Å². The highest BCUT2D eigenvalue weighted by atomic mass is 32.1. The molecule has 0 bridgehead atoms. The van der Waals surface area contributed by atoms with Gasteiger partial charge in [0.15, 0.2) is 0 Å². The van der Waals surface area contributed by atoms with E-state index in [2.05, 4.69) is 10.1 Å². The maximum atomic E-state index is 11.8. The Morgan fingerprint density at radius 2 is 2.28 bits per heavy atom. The van der Waals surface area contributed by atoms with Gasteiger partial charge in [0.25, 0.3) is 0 Å². The molecule has 0 aromatic carbocycles. The zero-order chi connectivity index (χ0) is 13.1. The van der Waals surface area contributed by atoms with Gasteiger partial charge in [0, 0.05) is 37.8 Å². The Labute approximate surface area is 109 Å². The van der Waals surface area contributed by atoms with Crippen molar-refractivity contribution in [2.75, 3.05) is 14.1 Å². The molecule has 0 fully saturated rings. The van der Waals surface area contributed by atoms with Crippen LogP contribution in [0, 0.1) is 6.92 Å². The second-order valence-corrected chi connectivity index (χ2v) is 4.86. The van der Waals surface area contributed by atoms with E-state index in [4.69, 9.17) is 4.52 Å². The highest BCUT2D eigenvalue weighted by Crippen LogP contribution is 2.23. The molecule has 5 nitrogen and oxygen atoms in total. The molecule has 0 aliphatic carbocycles. The fraction of sp³-hybridized carbons (Fsp3) is 0.250. The Balaban J connectivity index is 2.18. The number of aromatic nitrogens is 2. The Morgan fingerprint density at radius 3 is 2.89 bits per heavy atom. The van der Waals surface area contributed by atoms with Crippen LogP contribution in [-0.2, 0) is 0 Å². The molecule has 0 N–H and O–H groups in total. The molecule has 0 aliphatic heterocycles. The summed E-state index contributed by atoms with van der Waals surface area (Å²) in [6, 6.07) is 1.79. The summed E-state index contributed by atoms with van der Waals surface area (Å²) < 4.78 is 4.98. The predicted molar refractivity (Wildman–Crippen MR) is 69.5 cm³/mol. The average molecular weight is 263 g/mol. The van der Waals surface area contributed by atoms with Gasteiger partial charge in [-0.25, -0.2) is 4.98 Å². The van der Waals surface area contributed by atoms with Crippen molar-refractivity contribution in [3.63, 3.8) is 0 Å². The molecule has 2 rings (SSSR count). The summed E-state index contributed by atoms with van der Waals surface area (Å²) >= 11 is 1.38. The number of allylic oxidation sites excluding steroid dienone is 1. The topological polar surface area (TPSA) is 59.2 Å². The van der Waals surface area contributed by atoms with E-state index in [1.54, 1.807) is 22.5 Å². The van der Waals surface area contributed by atoms with Gasteiger partial charge in [0.1, 0.15) is 22.2 Å². The second-order valence-electron chi connectivity index (χ2n) is 4.00. The van der Waals surface area contributed by atoms with E-state index < -0.39 is 0 Å². The van der Waals surface area contributed by atoms with Gasteiger partial charge in [0.05, 0.1) is 0 Å². The molecular formula is C12H13N3O2S. The monoisotopic (exact) mass is 263 g/mol. The van der Waals surface area contributed by atoms with Crippen molar-refractivity contribution < 1.29 is 9.32 Å². The molecule has 2 aromatic rings. The van der Waals surface area contributed by atoms with E-state index in [1.165, 1.54) is 17.4 Å². The first-order valence-corrected chi connectivity index (χ1v) is 6.22. The molecule has 0 aliphatic rings. The van der Waals surface area contributed by atoms with Crippen LogP contribution in [0.3, 0.4) is 0 Å². The minimum absolute atomic E-state index is 0.119. The van der Waals surface area contributed by atoms with Gasteiger partial charge in [0.2, 0.25) is 5.78 Å². The molecule has 0 atom stereocenters. The van der Waals surface area contributed by atoms with Crippen LogP contribution in [0.2, 0.25) is 0 Å². The summed E-state index contributed by atoms with van der Waals surface area (Å²) in [5.74, 6) is 0.604. The molecule has 94 valence electrons. The number of aryl methyl sites for hydroxylation is 1. The van der Waals surface area contributed by atoms with Crippen molar-refractivity contribution in [3.8, 4) is 10.7 Å². The normalized spacial score (nSPS) is 11.1. The third-order valence-corrected chi connectivity index (χ3v) is 2.99. The van der Waals surface area contributed by atoms with E-state index in [-0.39, 0.29) is 5.78 Å². The Hall–Kier alpha value is -1.95. The van der Waals surface area contributed by atoms with E-state index in [1.807, 2.05) is 21.0 Å². The highest BCUT2D eigenvalue weighted by Gasteiger charge is 2.12. The molecule has 0 unspecified atom stereocenters. The summed E-state index contributed by atoms with van der Waals surface area (Å²) in [6.07, 6.45) is 3.19. The van der Waals surface area contributed by atoms with E-state index in [0.29, 0.717) is 16.4 Å². The smallest absolute Gasteiger partial charge is 0.206 e. The first-order valence-electron chi connectivity index (χ1n) is 5.34. The molecule has 6 heteroatoms. The summed E-state index contributed by atoms with van der Waals surface area (Å²) in [4.78, 5) is 17.8. The molecule has 2 aromatic heterocycles. The van der Waals surface area contributed by atoms with E-state index >= 15 is 0 Å². The fourth-order valence-corrected chi connectivity index (χ4v) is 2.03. The van der Waals surface area contributed by atoms with Crippen LogP contribution in [0.4, 0.5) is 0 Å². The van der Waals surface area contributed by atoms with Crippen LogP contribution in [0.5, 0.6) is 0 Å². The molecular weight excluding hydrogens is 250 g/mol. The predicted octanol–water partition coefficient (Wildman–Crippen LogP) is 2.36. The van der Waals surface area contributed by atoms with Gasteiger partial charge in [-0.1, -0.05) is 5.16 Å². The standard InChI is InChI=1S/C12H13N3O2S/c1-8-6-9(14-17-8)12-13-10(7-18-12)11(16)4-5-15(2)3/h4-7H,1-3H3. The molecule has 0 saturated heterocycles. The number of rotatable bonds is 4. The highest BCUT2D eigenvalue weighted by molar-refractivity contribution is 7.13. The van der Waals surface area contributed by atoms with Crippen molar-refractivity contribution in [3.05, 3.63) is 35.2 Å². The van der Waals surface area contributed by atoms with E-state index in [0.717, 1.165) is 5.76 Å². The number of thiazole rings is 1. The number of carbonyl (C=O) groups is 1. The number of ketones is 1. The third kappa shape index (κ3) is 2.84. The molecule has 0 spiro atoms. The Morgan fingerprint density at radius 1 is 1.50 bits per heavy atom. The lowest BCUT2D eigenvalue weighted by molar-refractivity contribution is 0.104. The maximum Gasteiger partial charge on any atom is 0.206 e. The van der Waals surface area contributed by atoms with Crippen LogP contribution in [0.15, 0.2) is 28.2 Å². The number of carbonyl (C=O) groups excluding carboxylic acids is 1. The summed E-state index contributed by atoms with van der Waals surface area (Å²) in [7, 11) is 3.71.